The molecule has 1 aromatic carbocycles. The zero-order valence-electron chi connectivity index (χ0n) is 21.2. The van der Waals surface area contributed by atoms with Gasteiger partial charge >= 0.3 is 0 Å². The summed E-state index contributed by atoms with van der Waals surface area (Å²) in [4.78, 5) is 9.31. The van der Waals surface area contributed by atoms with Gasteiger partial charge < -0.3 is 26.6 Å². The minimum Gasteiger partial charge on any atom is -0.394 e. The molecule has 3 rings (SSSR count). The highest BCUT2D eigenvalue weighted by molar-refractivity contribution is 5.56. The van der Waals surface area contributed by atoms with Gasteiger partial charge in [0, 0.05) is 12.1 Å². The van der Waals surface area contributed by atoms with Crippen LogP contribution in [0.15, 0.2) is 30.5 Å². The molecule has 0 aliphatic rings. The van der Waals surface area contributed by atoms with E-state index in [0.717, 1.165) is 67.4 Å². The largest absolute Gasteiger partial charge is 0.394 e. The topological polar surface area (TPSA) is 134 Å². The van der Waals surface area contributed by atoms with Gasteiger partial charge in [0.05, 0.1) is 24.9 Å². The van der Waals surface area contributed by atoms with Crippen LogP contribution in [0.25, 0.3) is 5.65 Å². The van der Waals surface area contributed by atoms with Crippen LogP contribution in [0, 0.1) is 0 Å². The molecule has 0 saturated carbocycles. The molecule has 9 heteroatoms. The van der Waals surface area contributed by atoms with Crippen LogP contribution in [0.1, 0.15) is 88.0 Å². The lowest BCUT2D eigenvalue weighted by Crippen LogP contribution is -2.24. The van der Waals surface area contributed by atoms with Gasteiger partial charge in [-0.3, -0.25) is 0 Å². The lowest BCUT2D eigenvalue weighted by molar-refractivity contribution is 0.163. The highest BCUT2D eigenvalue weighted by Crippen LogP contribution is 2.24. The average molecular weight is 484 g/mol. The van der Waals surface area contributed by atoms with Crippen molar-refractivity contribution in [2.75, 3.05) is 23.8 Å². The number of aliphatic hydroxyl groups excluding tert-OH is 2. The van der Waals surface area contributed by atoms with Crippen LogP contribution in [-0.4, -0.2) is 49.0 Å². The summed E-state index contributed by atoms with van der Waals surface area (Å²) < 4.78 is 1.73. The van der Waals surface area contributed by atoms with E-state index < -0.39 is 6.10 Å². The Hall–Kier alpha value is -2.75. The smallest absolute Gasteiger partial charge is 0.229 e. The number of anilines is 2. The predicted octanol–water partition coefficient (Wildman–Crippen LogP) is 3.99. The summed E-state index contributed by atoms with van der Waals surface area (Å²) in [5.74, 6) is 1.31. The second kappa shape index (κ2) is 13.4. The van der Waals surface area contributed by atoms with Gasteiger partial charge in [-0.05, 0) is 42.9 Å². The number of hydrogen-bond acceptors (Lipinski definition) is 8. The highest BCUT2D eigenvalue weighted by atomic mass is 16.3. The third-order valence-electron chi connectivity index (χ3n) is 6.31. The Morgan fingerprint density at radius 1 is 1.06 bits per heavy atom. The summed E-state index contributed by atoms with van der Waals surface area (Å²) in [5.41, 5.74) is 9.33. The van der Waals surface area contributed by atoms with Gasteiger partial charge in [-0.25, -0.2) is 0 Å². The molecule has 35 heavy (non-hydrogen) atoms. The van der Waals surface area contributed by atoms with Gasteiger partial charge in [-0.15, -0.1) is 0 Å². The maximum Gasteiger partial charge on any atom is 0.229 e. The Morgan fingerprint density at radius 3 is 2.46 bits per heavy atom. The Bertz CT molecular complexity index is 1030. The maximum absolute atomic E-state index is 10.5. The van der Waals surface area contributed by atoms with Crippen LogP contribution in [0.2, 0.25) is 0 Å². The highest BCUT2D eigenvalue weighted by Gasteiger charge is 2.17. The SMILES string of the molecule is CCC(CO)Nc1nc(NCc2ccc([C@H](O)CCCCCCN)cc2)n2ncc(C(C)C)c2n1. The summed E-state index contributed by atoms with van der Waals surface area (Å²) in [6.45, 7) is 7.52. The van der Waals surface area contributed by atoms with Crippen LogP contribution in [-0.2, 0) is 6.54 Å². The fraction of sp³-hybridized carbons (Fsp3) is 0.577. The fourth-order valence-corrected chi connectivity index (χ4v) is 3.98. The molecule has 6 N–H and O–H groups in total. The number of fused-ring (bicyclic) bond motifs is 1. The third kappa shape index (κ3) is 7.37. The Kier molecular flexibility index (Phi) is 10.3. The van der Waals surface area contributed by atoms with Crippen LogP contribution in [0.4, 0.5) is 11.9 Å². The first-order valence-corrected chi connectivity index (χ1v) is 12.8. The number of aliphatic hydroxyl groups is 2. The molecule has 0 aliphatic heterocycles. The molecule has 0 aliphatic carbocycles. The van der Waals surface area contributed by atoms with E-state index in [2.05, 4.69) is 39.5 Å². The van der Waals surface area contributed by atoms with Crippen molar-refractivity contribution in [2.24, 2.45) is 5.73 Å². The summed E-state index contributed by atoms with van der Waals surface area (Å²) in [6.07, 6.45) is 7.19. The van der Waals surface area contributed by atoms with E-state index >= 15 is 0 Å². The number of unbranched alkanes of at least 4 members (excludes halogenated alkanes) is 3. The molecule has 0 amide bonds. The van der Waals surface area contributed by atoms with Gasteiger partial charge in [0.15, 0.2) is 5.65 Å². The lowest BCUT2D eigenvalue weighted by atomic mass is 10.0. The molecule has 0 bridgehead atoms. The van der Waals surface area contributed by atoms with E-state index in [0.29, 0.717) is 18.4 Å². The average Bonchev–Trinajstić information content (AvgIpc) is 3.30. The van der Waals surface area contributed by atoms with Gasteiger partial charge in [0.25, 0.3) is 0 Å². The van der Waals surface area contributed by atoms with E-state index in [1.807, 2.05) is 37.4 Å². The number of rotatable bonds is 15. The van der Waals surface area contributed by atoms with Crippen molar-refractivity contribution in [3.8, 4) is 0 Å². The lowest BCUT2D eigenvalue weighted by Gasteiger charge is -2.16. The summed E-state index contributed by atoms with van der Waals surface area (Å²) in [7, 11) is 0. The van der Waals surface area contributed by atoms with Gasteiger partial charge in [-0.1, -0.05) is 64.3 Å². The van der Waals surface area contributed by atoms with Crippen molar-refractivity contribution in [3.05, 3.63) is 47.2 Å². The van der Waals surface area contributed by atoms with E-state index in [4.69, 9.17) is 5.73 Å². The molecule has 0 saturated heterocycles. The first-order valence-electron chi connectivity index (χ1n) is 12.8. The van der Waals surface area contributed by atoms with Crippen LogP contribution < -0.4 is 16.4 Å². The molecule has 2 heterocycles. The van der Waals surface area contributed by atoms with Crippen molar-refractivity contribution < 1.29 is 10.2 Å². The number of nitrogens with one attached hydrogen (secondary N) is 2. The van der Waals surface area contributed by atoms with E-state index in [1.165, 1.54) is 0 Å². The molecule has 0 fully saturated rings. The zero-order chi connectivity index (χ0) is 25.2. The molecule has 1 unspecified atom stereocenters. The molecular formula is C26H41N7O2. The van der Waals surface area contributed by atoms with Crippen molar-refractivity contribution in [2.45, 2.75) is 83.9 Å². The number of nitrogens with two attached hydrogens (primary N) is 1. The van der Waals surface area contributed by atoms with Crippen molar-refractivity contribution in [1.29, 1.82) is 0 Å². The van der Waals surface area contributed by atoms with Crippen molar-refractivity contribution in [1.82, 2.24) is 19.6 Å². The Morgan fingerprint density at radius 2 is 1.80 bits per heavy atom. The van der Waals surface area contributed by atoms with Crippen LogP contribution in [0.3, 0.4) is 0 Å². The summed E-state index contributed by atoms with van der Waals surface area (Å²) >= 11 is 0. The first-order chi connectivity index (χ1) is 17.0. The first kappa shape index (κ1) is 26.8. The normalized spacial score (nSPS) is 13.3. The van der Waals surface area contributed by atoms with Crippen molar-refractivity contribution >= 4 is 17.5 Å². The number of nitrogens with zero attached hydrogens (tertiary/aromatic N) is 4. The summed E-state index contributed by atoms with van der Waals surface area (Å²) in [5, 5.41) is 31.2. The molecule has 192 valence electrons. The molecular weight excluding hydrogens is 442 g/mol. The Labute approximate surface area is 208 Å². The standard InChI is InChI=1S/C26H41N7O2/c1-4-21(17-34)30-25-31-24-22(18(2)3)16-29-33(24)26(32-25)28-15-19-10-12-20(13-11-19)23(35)9-7-5-6-8-14-27/h10-13,16,18,21,23,34-35H,4-9,14-15,17,27H2,1-3H3,(H2,28,30,31,32)/t21?,23-/m1/s1. The molecule has 0 spiro atoms. The van der Waals surface area contributed by atoms with Crippen LogP contribution >= 0.6 is 0 Å². The van der Waals surface area contributed by atoms with Gasteiger partial charge in [0.1, 0.15) is 0 Å². The summed E-state index contributed by atoms with van der Waals surface area (Å²) in [6, 6.07) is 7.91. The fourth-order valence-electron chi connectivity index (χ4n) is 3.98. The zero-order valence-corrected chi connectivity index (χ0v) is 21.2. The minimum atomic E-state index is -0.443. The Balaban J connectivity index is 1.69. The molecule has 2 atom stereocenters. The van der Waals surface area contributed by atoms with E-state index in [-0.39, 0.29) is 18.6 Å². The molecule has 3 aromatic rings. The van der Waals surface area contributed by atoms with Crippen molar-refractivity contribution in [3.63, 3.8) is 0 Å². The second-order valence-corrected chi connectivity index (χ2v) is 9.40. The number of aromatic nitrogens is 4. The molecule has 0 radical (unpaired) electrons. The van der Waals surface area contributed by atoms with E-state index in [1.54, 1.807) is 4.52 Å². The molecule has 9 nitrogen and oxygen atoms in total. The second-order valence-electron chi connectivity index (χ2n) is 9.40. The maximum atomic E-state index is 10.5. The number of hydrogen-bond donors (Lipinski definition) is 5. The molecule has 2 aromatic heterocycles. The minimum absolute atomic E-state index is 0.00992. The third-order valence-corrected chi connectivity index (χ3v) is 6.31. The van der Waals surface area contributed by atoms with Gasteiger partial charge in [0.2, 0.25) is 11.9 Å². The van der Waals surface area contributed by atoms with Gasteiger partial charge in [-0.2, -0.15) is 19.6 Å². The monoisotopic (exact) mass is 483 g/mol. The number of benzene rings is 1. The predicted molar refractivity (Wildman–Crippen MR) is 141 cm³/mol. The van der Waals surface area contributed by atoms with Crippen LogP contribution in [0.5, 0.6) is 0 Å². The van der Waals surface area contributed by atoms with E-state index in [9.17, 15) is 10.2 Å². The quantitative estimate of drug-likeness (QED) is 0.205.